The minimum absolute atomic E-state index is 0.118. The maximum absolute atomic E-state index is 13.1. The Hall–Kier alpha value is -2.89. The number of β-lactam (4-membered cyclic amide) rings is 1. The maximum atomic E-state index is 13.1. The van der Waals surface area contributed by atoms with E-state index in [-0.39, 0.29) is 18.0 Å². The number of aromatic nitrogens is 1. The van der Waals surface area contributed by atoms with Crippen LogP contribution in [0, 0.1) is 0 Å². The number of amides is 1. The van der Waals surface area contributed by atoms with E-state index in [0.717, 1.165) is 48.9 Å². The van der Waals surface area contributed by atoms with Gasteiger partial charge in [-0.15, -0.1) is 0 Å². The molecule has 2 aromatic carbocycles. The van der Waals surface area contributed by atoms with Crippen LogP contribution in [0.15, 0.2) is 66.9 Å². The summed E-state index contributed by atoms with van der Waals surface area (Å²) in [7, 11) is 0. The van der Waals surface area contributed by atoms with Crippen molar-refractivity contribution in [3.63, 3.8) is 0 Å². The molecule has 1 aliphatic heterocycles. The molecule has 6 heteroatoms. The molecule has 2 N–H and O–H groups in total. The first-order chi connectivity index (χ1) is 17.2. The topological polar surface area (TPSA) is 57.3 Å². The Kier molecular flexibility index (Phi) is 7.65. The third kappa shape index (κ3) is 5.52. The fraction of sp³-hybridized carbons (Fsp3) is 0.379. The van der Waals surface area contributed by atoms with E-state index >= 15 is 0 Å². The molecule has 35 heavy (non-hydrogen) atoms. The zero-order chi connectivity index (χ0) is 24.0. The molecule has 0 unspecified atom stereocenters. The van der Waals surface area contributed by atoms with Gasteiger partial charge in [-0.25, -0.2) is 0 Å². The van der Waals surface area contributed by atoms with Gasteiger partial charge in [0.05, 0.1) is 11.6 Å². The summed E-state index contributed by atoms with van der Waals surface area (Å²) in [5, 5.41) is 8.81. The number of carbonyl (C=O) groups excluding carboxylic acids is 1. The molecule has 0 radical (unpaired) electrons. The average Bonchev–Trinajstić information content (AvgIpc) is 2.89. The van der Waals surface area contributed by atoms with Crippen molar-refractivity contribution in [1.82, 2.24) is 15.2 Å². The van der Waals surface area contributed by atoms with Gasteiger partial charge in [-0.05, 0) is 55.6 Å². The number of pyridine rings is 1. The number of rotatable bonds is 9. The van der Waals surface area contributed by atoms with Crippen molar-refractivity contribution in [3.05, 3.63) is 77.5 Å². The number of hydrogen-bond donors (Lipinski definition) is 2. The smallest absolute Gasteiger partial charge is 0.243 e. The standard InChI is InChI=1S/C29H33ClN4O/c30-22-13-14-24-25(16-19-32-26(24)20-22)31-17-7-18-33-28-27(15-12-21-8-3-1-4-9-21)34(29(28)35)23-10-5-2-6-11-23/h1,3-4,8-9,12-16,19-20,23,27-28,33H,2,5-7,10-11,17-18H2,(H,31,32)/b15-12+/t27-,28+/m1/s1. The molecule has 0 spiro atoms. The van der Waals surface area contributed by atoms with E-state index in [0.29, 0.717) is 11.1 Å². The fourth-order valence-corrected chi connectivity index (χ4v) is 5.51. The molecular formula is C29H33ClN4O. The van der Waals surface area contributed by atoms with Crippen LogP contribution in [0.3, 0.4) is 0 Å². The molecule has 2 aliphatic rings. The van der Waals surface area contributed by atoms with E-state index in [9.17, 15) is 4.79 Å². The van der Waals surface area contributed by atoms with Crippen LogP contribution in [-0.4, -0.2) is 47.0 Å². The minimum Gasteiger partial charge on any atom is -0.384 e. The Balaban J connectivity index is 1.17. The largest absolute Gasteiger partial charge is 0.384 e. The van der Waals surface area contributed by atoms with E-state index in [1.54, 1.807) is 6.20 Å². The zero-order valence-electron chi connectivity index (χ0n) is 20.0. The van der Waals surface area contributed by atoms with Gasteiger partial charge in [0.15, 0.2) is 0 Å². The number of anilines is 1. The molecule has 5 rings (SSSR count). The Morgan fingerprint density at radius 3 is 2.69 bits per heavy atom. The molecule has 1 amide bonds. The molecule has 3 aromatic rings. The molecule has 5 nitrogen and oxygen atoms in total. The van der Waals surface area contributed by atoms with Crippen molar-refractivity contribution in [1.29, 1.82) is 0 Å². The number of halogens is 1. The third-order valence-corrected chi connectivity index (χ3v) is 7.41. The van der Waals surface area contributed by atoms with Crippen LogP contribution >= 0.6 is 11.6 Å². The normalized spacial score (nSPS) is 20.9. The first kappa shape index (κ1) is 23.8. The van der Waals surface area contributed by atoms with Crippen molar-refractivity contribution in [3.8, 4) is 0 Å². The van der Waals surface area contributed by atoms with Gasteiger partial charge < -0.3 is 15.5 Å². The van der Waals surface area contributed by atoms with Crippen LogP contribution in [0.2, 0.25) is 5.02 Å². The predicted octanol–water partition coefficient (Wildman–Crippen LogP) is 5.91. The second-order valence-corrected chi connectivity index (χ2v) is 9.97. The van der Waals surface area contributed by atoms with Crippen LogP contribution in [0.25, 0.3) is 17.0 Å². The summed E-state index contributed by atoms with van der Waals surface area (Å²) in [6.07, 6.45) is 13.1. The number of hydrogen-bond acceptors (Lipinski definition) is 4. The van der Waals surface area contributed by atoms with Crippen molar-refractivity contribution in [2.24, 2.45) is 0 Å². The lowest BCUT2D eigenvalue weighted by molar-refractivity contribution is -0.153. The maximum Gasteiger partial charge on any atom is 0.243 e. The Bertz CT molecular complexity index is 1180. The third-order valence-electron chi connectivity index (χ3n) is 7.17. The quantitative estimate of drug-likeness (QED) is 0.290. The summed E-state index contributed by atoms with van der Waals surface area (Å²) in [6, 6.07) is 18.5. The minimum atomic E-state index is -0.138. The molecule has 1 aromatic heterocycles. The number of benzene rings is 2. The molecular weight excluding hydrogens is 456 g/mol. The Labute approximate surface area is 212 Å². The SMILES string of the molecule is O=C1[C@@H](NCCCNc2ccnc3cc(Cl)ccc23)[C@@H](/C=C/c2ccccc2)N1C1CCCCC1. The van der Waals surface area contributed by atoms with Crippen molar-refractivity contribution in [2.45, 2.75) is 56.7 Å². The van der Waals surface area contributed by atoms with Gasteiger partial charge in [0.2, 0.25) is 5.91 Å². The summed E-state index contributed by atoms with van der Waals surface area (Å²) in [4.78, 5) is 19.7. The molecule has 1 aliphatic carbocycles. The monoisotopic (exact) mass is 488 g/mol. The second-order valence-electron chi connectivity index (χ2n) is 9.53. The molecule has 0 bridgehead atoms. The Morgan fingerprint density at radius 1 is 1.03 bits per heavy atom. The van der Waals surface area contributed by atoms with Gasteiger partial charge >= 0.3 is 0 Å². The van der Waals surface area contributed by atoms with E-state index in [4.69, 9.17) is 11.6 Å². The highest BCUT2D eigenvalue weighted by atomic mass is 35.5. The summed E-state index contributed by atoms with van der Waals surface area (Å²) in [5.41, 5.74) is 3.11. The number of nitrogens with one attached hydrogen (secondary N) is 2. The summed E-state index contributed by atoms with van der Waals surface area (Å²) < 4.78 is 0. The summed E-state index contributed by atoms with van der Waals surface area (Å²) in [5.74, 6) is 0.254. The van der Waals surface area contributed by atoms with Crippen molar-refractivity contribution < 1.29 is 4.79 Å². The highest BCUT2D eigenvalue weighted by molar-refractivity contribution is 6.31. The Morgan fingerprint density at radius 2 is 1.86 bits per heavy atom. The number of likely N-dealkylation sites (tertiary alicyclic amines) is 1. The van der Waals surface area contributed by atoms with Crippen LogP contribution in [0.4, 0.5) is 5.69 Å². The summed E-state index contributed by atoms with van der Waals surface area (Å²) >= 11 is 6.10. The van der Waals surface area contributed by atoms with E-state index in [2.05, 4.69) is 44.8 Å². The van der Waals surface area contributed by atoms with Crippen LogP contribution in [0.5, 0.6) is 0 Å². The molecule has 1 saturated carbocycles. The van der Waals surface area contributed by atoms with Crippen molar-refractivity contribution in [2.75, 3.05) is 18.4 Å². The van der Waals surface area contributed by atoms with Crippen LogP contribution in [0.1, 0.15) is 44.1 Å². The van der Waals surface area contributed by atoms with Gasteiger partial charge in [0.1, 0.15) is 6.04 Å². The number of nitrogens with zero attached hydrogens (tertiary/aromatic N) is 2. The van der Waals surface area contributed by atoms with Gasteiger partial charge in [-0.1, -0.05) is 73.3 Å². The molecule has 2 heterocycles. The lowest BCUT2D eigenvalue weighted by atomic mass is 9.85. The zero-order valence-corrected chi connectivity index (χ0v) is 20.8. The fourth-order valence-electron chi connectivity index (χ4n) is 5.34. The van der Waals surface area contributed by atoms with Gasteiger partial charge in [0.25, 0.3) is 0 Å². The molecule has 2 fully saturated rings. The van der Waals surface area contributed by atoms with E-state index < -0.39 is 0 Å². The number of fused-ring (bicyclic) bond motifs is 1. The van der Waals surface area contributed by atoms with E-state index in [1.807, 2.05) is 42.5 Å². The summed E-state index contributed by atoms with van der Waals surface area (Å²) in [6.45, 7) is 1.60. The highest BCUT2D eigenvalue weighted by Crippen LogP contribution is 2.32. The van der Waals surface area contributed by atoms with E-state index in [1.165, 1.54) is 24.8 Å². The van der Waals surface area contributed by atoms with Crippen LogP contribution in [-0.2, 0) is 4.79 Å². The second kappa shape index (κ2) is 11.2. The van der Waals surface area contributed by atoms with Gasteiger partial charge in [-0.3, -0.25) is 9.78 Å². The lowest BCUT2D eigenvalue weighted by Crippen LogP contribution is -2.71. The molecule has 182 valence electrons. The molecule has 2 atom stereocenters. The van der Waals surface area contributed by atoms with Crippen molar-refractivity contribution >= 4 is 40.2 Å². The van der Waals surface area contributed by atoms with Gasteiger partial charge in [0, 0.05) is 34.9 Å². The first-order valence-electron chi connectivity index (χ1n) is 12.8. The average molecular weight is 489 g/mol. The predicted molar refractivity (Wildman–Crippen MR) is 145 cm³/mol. The number of carbonyl (C=O) groups is 1. The highest BCUT2D eigenvalue weighted by Gasteiger charge is 2.48. The van der Waals surface area contributed by atoms with Crippen LogP contribution < -0.4 is 10.6 Å². The lowest BCUT2D eigenvalue weighted by Gasteiger charge is -2.51. The first-order valence-corrected chi connectivity index (χ1v) is 13.2. The molecule has 1 saturated heterocycles. The van der Waals surface area contributed by atoms with Gasteiger partial charge in [-0.2, -0.15) is 0 Å².